The van der Waals surface area contributed by atoms with Crippen molar-refractivity contribution in [3.63, 3.8) is 0 Å². The van der Waals surface area contributed by atoms with Crippen molar-refractivity contribution in [3.05, 3.63) is 16.3 Å². The van der Waals surface area contributed by atoms with Gasteiger partial charge in [-0.15, -0.1) is 5.10 Å². The Kier molecular flexibility index (Phi) is 2.20. The molecule has 4 aliphatic carbocycles. The van der Waals surface area contributed by atoms with E-state index >= 15 is 0 Å². The summed E-state index contributed by atoms with van der Waals surface area (Å²) in [5.74, 6) is 1.27. The maximum Gasteiger partial charge on any atom is 0.373 e. The Morgan fingerprint density at radius 1 is 1.16 bits per heavy atom. The van der Waals surface area contributed by atoms with Crippen molar-refractivity contribution in [1.29, 1.82) is 0 Å². The number of hydrogen-bond donors (Lipinski definition) is 2. The van der Waals surface area contributed by atoms with E-state index in [1.54, 1.807) is 0 Å². The quantitative estimate of drug-likeness (QED) is 0.841. The summed E-state index contributed by atoms with van der Waals surface area (Å²) in [6, 6.07) is 0.115. The fraction of sp³-hybridized carbons (Fsp3) is 0.769. The van der Waals surface area contributed by atoms with Crippen molar-refractivity contribution in [2.45, 2.75) is 38.1 Å². The number of nitrogens with one attached hydrogen (secondary N) is 1. The van der Waals surface area contributed by atoms with Crippen molar-refractivity contribution < 1.29 is 9.90 Å². The van der Waals surface area contributed by atoms with Crippen LogP contribution in [0.5, 0.6) is 0 Å². The molecule has 1 aromatic rings. The van der Waals surface area contributed by atoms with Crippen LogP contribution in [0, 0.1) is 23.7 Å². The molecular formula is C13H17N3O3. The van der Waals surface area contributed by atoms with Gasteiger partial charge in [0.25, 0.3) is 0 Å². The lowest BCUT2D eigenvalue weighted by molar-refractivity contribution is -0.0351. The first kappa shape index (κ1) is 11.3. The monoisotopic (exact) mass is 263 g/mol. The van der Waals surface area contributed by atoms with Crippen molar-refractivity contribution in [2.75, 3.05) is 0 Å². The summed E-state index contributed by atoms with van der Waals surface area (Å²) in [6.07, 6.45) is 6.08. The molecule has 6 heteroatoms. The van der Waals surface area contributed by atoms with Gasteiger partial charge in [0.1, 0.15) is 0 Å². The number of aromatic carboxylic acids is 1. The number of carboxylic acids is 1. The third-order valence-electron chi connectivity index (χ3n) is 5.30. The van der Waals surface area contributed by atoms with Gasteiger partial charge in [0, 0.05) is 0 Å². The second kappa shape index (κ2) is 3.71. The average Bonchev–Trinajstić information content (AvgIpc) is 2.70. The van der Waals surface area contributed by atoms with Crippen LogP contribution in [0.15, 0.2) is 4.79 Å². The Hall–Kier alpha value is -1.59. The third kappa shape index (κ3) is 1.58. The van der Waals surface area contributed by atoms with E-state index < -0.39 is 5.97 Å². The fourth-order valence-electron chi connectivity index (χ4n) is 4.93. The zero-order valence-corrected chi connectivity index (χ0v) is 10.6. The Morgan fingerprint density at radius 2 is 1.74 bits per heavy atom. The molecule has 0 aromatic carbocycles. The van der Waals surface area contributed by atoms with Gasteiger partial charge in [-0.25, -0.2) is 14.3 Å². The van der Waals surface area contributed by atoms with Crippen molar-refractivity contribution in [1.82, 2.24) is 14.8 Å². The zero-order chi connectivity index (χ0) is 13.1. The van der Waals surface area contributed by atoms with Crippen LogP contribution in [0.4, 0.5) is 0 Å². The lowest BCUT2D eigenvalue weighted by atomic mass is 9.54. The zero-order valence-electron chi connectivity index (χ0n) is 10.6. The molecule has 102 valence electrons. The molecular weight excluding hydrogens is 246 g/mol. The highest BCUT2D eigenvalue weighted by Gasteiger charge is 2.49. The molecule has 6 nitrogen and oxygen atoms in total. The van der Waals surface area contributed by atoms with Gasteiger partial charge < -0.3 is 5.11 Å². The fourth-order valence-corrected chi connectivity index (χ4v) is 4.93. The number of H-pyrrole nitrogens is 1. The Bertz CT molecular complexity index is 560. The van der Waals surface area contributed by atoms with Crippen LogP contribution in [-0.4, -0.2) is 25.8 Å². The van der Waals surface area contributed by atoms with Gasteiger partial charge in [-0.3, -0.25) is 4.98 Å². The summed E-state index contributed by atoms with van der Waals surface area (Å²) in [5.41, 5.74) is -0.366. The molecule has 0 radical (unpaired) electrons. The molecule has 0 saturated heterocycles. The molecule has 1 aromatic heterocycles. The largest absolute Gasteiger partial charge is 0.475 e. The third-order valence-corrected chi connectivity index (χ3v) is 5.30. The number of carbonyl (C=O) groups is 1. The minimum absolute atomic E-state index is 0.115. The van der Waals surface area contributed by atoms with Gasteiger partial charge in [-0.2, -0.15) is 0 Å². The first-order chi connectivity index (χ1) is 9.11. The van der Waals surface area contributed by atoms with Crippen LogP contribution < -0.4 is 5.69 Å². The topological polar surface area (TPSA) is 88.0 Å². The average molecular weight is 263 g/mol. The van der Waals surface area contributed by atoms with Gasteiger partial charge in [0.05, 0.1) is 6.04 Å². The van der Waals surface area contributed by atoms with Gasteiger partial charge in [-0.1, -0.05) is 0 Å². The molecule has 0 amide bonds. The van der Waals surface area contributed by atoms with Crippen LogP contribution in [0.3, 0.4) is 0 Å². The van der Waals surface area contributed by atoms with Gasteiger partial charge in [0.15, 0.2) is 0 Å². The number of carboxylic acid groups (broad SMARTS) is 1. The van der Waals surface area contributed by atoms with Crippen LogP contribution in [0.2, 0.25) is 0 Å². The lowest BCUT2D eigenvalue weighted by Crippen LogP contribution is -2.48. The predicted octanol–water partition coefficient (Wildman–Crippen LogP) is 1.27. The van der Waals surface area contributed by atoms with Crippen LogP contribution in [-0.2, 0) is 0 Å². The van der Waals surface area contributed by atoms with E-state index in [9.17, 15) is 9.59 Å². The SMILES string of the molecule is O=C(O)c1nn(C2C3CC4CC(C3)CC2C4)c(=O)[nH]1. The van der Waals surface area contributed by atoms with E-state index in [0.717, 1.165) is 11.8 Å². The van der Waals surface area contributed by atoms with E-state index in [1.165, 1.54) is 36.8 Å². The Morgan fingerprint density at radius 3 is 2.21 bits per heavy atom. The van der Waals surface area contributed by atoms with Gasteiger partial charge >= 0.3 is 11.7 Å². The molecule has 0 unspecified atom stereocenters. The van der Waals surface area contributed by atoms with Crippen LogP contribution in [0.25, 0.3) is 0 Å². The second-order valence-corrected chi connectivity index (χ2v) is 6.45. The summed E-state index contributed by atoms with van der Waals surface area (Å²) >= 11 is 0. The smallest absolute Gasteiger partial charge is 0.373 e. The van der Waals surface area contributed by atoms with E-state index in [4.69, 9.17) is 5.11 Å². The first-order valence-electron chi connectivity index (χ1n) is 7.04. The van der Waals surface area contributed by atoms with Crippen molar-refractivity contribution >= 4 is 5.97 Å². The van der Waals surface area contributed by atoms with Crippen molar-refractivity contribution in [2.24, 2.45) is 23.7 Å². The standard InChI is InChI=1S/C13H17N3O3/c17-12(18)11-14-13(19)16(15-11)10-8-2-6-1-7(4-8)5-9(10)3-6/h6-10H,1-5H2,(H,17,18)(H,14,15,19). The number of rotatable bonds is 2. The van der Waals surface area contributed by atoms with E-state index in [1.807, 2.05) is 0 Å². The molecule has 0 aliphatic heterocycles. The Labute approximate surface area is 109 Å². The number of nitrogens with zero attached hydrogens (tertiary/aromatic N) is 2. The molecule has 1 heterocycles. The molecule has 0 atom stereocenters. The molecule has 2 N–H and O–H groups in total. The number of aromatic nitrogens is 3. The maximum absolute atomic E-state index is 11.9. The minimum Gasteiger partial charge on any atom is -0.475 e. The van der Waals surface area contributed by atoms with Gasteiger partial charge in [0.2, 0.25) is 5.82 Å². The number of aromatic amines is 1. The molecule has 0 spiro atoms. The van der Waals surface area contributed by atoms with Gasteiger partial charge in [-0.05, 0) is 55.8 Å². The summed E-state index contributed by atoms with van der Waals surface area (Å²) in [6.45, 7) is 0. The predicted molar refractivity (Wildman–Crippen MR) is 65.9 cm³/mol. The summed E-state index contributed by atoms with van der Waals surface area (Å²) in [7, 11) is 0. The molecule has 19 heavy (non-hydrogen) atoms. The Balaban J connectivity index is 1.73. The molecule has 4 saturated carbocycles. The molecule has 4 bridgehead atoms. The molecule has 4 fully saturated rings. The normalized spacial score (nSPS) is 39.7. The summed E-state index contributed by atoms with van der Waals surface area (Å²) in [5, 5.41) is 12.9. The van der Waals surface area contributed by atoms with Crippen LogP contribution >= 0.6 is 0 Å². The second-order valence-electron chi connectivity index (χ2n) is 6.45. The highest BCUT2D eigenvalue weighted by molar-refractivity contribution is 5.82. The van der Waals surface area contributed by atoms with Crippen LogP contribution in [0.1, 0.15) is 48.8 Å². The number of hydrogen-bond acceptors (Lipinski definition) is 3. The summed E-state index contributed by atoms with van der Waals surface area (Å²) < 4.78 is 1.43. The van der Waals surface area contributed by atoms with E-state index in [2.05, 4.69) is 10.1 Å². The maximum atomic E-state index is 11.9. The molecule has 4 aliphatic rings. The minimum atomic E-state index is -1.17. The molecule has 5 rings (SSSR count). The first-order valence-corrected chi connectivity index (χ1v) is 7.04. The lowest BCUT2D eigenvalue weighted by Gasteiger charge is -2.53. The summed E-state index contributed by atoms with van der Waals surface area (Å²) in [4.78, 5) is 25.2. The van der Waals surface area contributed by atoms with E-state index in [-0.39, 0.29) is 17.6 Å². The van der Waals surface area contributed by atoms with Crippen molar-refractivity contribution in [3.8, 4) is 0 Å². The highest BCUT2D eigenvalue weighted by Crippen LogP contribution is 2.57. The highest BCUT2D eigenvalue weighted by atomic mass is 16.4. The van der Waals surface area contributed by atoms with E-state index in [0.29, 0.717) is 11.8 Å².